The van der Waals surface area contributed by atoms with Crippen LogP contribution >= 0.6 is 11.5 Å². The summed E-state index contributed by atoms with van der Waals surface area (Å²) in [5.41, 5.74) is 0.804. The van der Waals surface area contributed by atoms with Crippen LogP contribution in [-0.2, 0) is 11.2 Å². The van der Waals surface area contributed by atoms with E-state index in [0.717, 1.165) is 38.2 Å². The lowest BCUT2D eigenvalue weighted by molar-refractivity contribution is -0.0747. The van der Waals surface area contributed by atoms with Gasteiger partial charge >= 0.3 is 0 Å². The van der Waals surface area contributed by atoms with Gasteiger partial charge in [0, 0.05) is 12.5 Å². The van der Waals surface area contributed by atoms with Crippen LogP contribution in [0.3, 0.4) is 0 Å². The molecule has 2 saturated heterocycles. The second-order valence-electron chi connectivity index (χ2n) is 6.42. The van der Waals surface area contributed by atoms with Gasteiger partial charge in [0.25, 0.3) is 5.91 Å². The summed E-state index contributed by atoms with van der Waals surface area (Å²) in [7, 11) is 0. The largest absolute Gasteiger partial charge is 0.376 e. The van der Waals surface area contributed by atoms with Gasteiger partial charge in [-0.1, -0.05) is 11.4 Å². The van der Waals surface area contributed by atoms with E-state index in [1.807, 2.05) is 6.92 Å². The van der Waals surface area contributed by atoms with Crippen molar-refractivity contribution >= 4 is 17.4 Å². The monoisotopic (exact) mass is 322 g/mol. The maximum absolute atomic E-state index is 12.6. The van der Waals surface area contributed by atoms with E-state index in [1.165, 1.54) is 24.4 Å². The van der Waals surface area contributed by atoms with Crippen molar-refractivity contribution in [2.75, 3.05) is 19.7 Å². The Morgan fingerprint density at radius 2 is 2.27 bits per heavy atom. The van der Waals surface area contributed by atoms with Crippen LogP contribution in [0, 0.1) is 5.92 Å². The van der Waals surface area contributed by atoms with E-state index >= 15 is 0 Å². The van der Waals surface area contributed by atoms with Crippen LogP contribution in [0.25, 0.3) is 0 Å². The Labute approximate surface area is 134 Å². The number of amides is 1. The Bertz CT molecular complexity index is 553. The summed E-state index contributed by atoms with van der Waals surface area (Å²) in [6, 6.07) is 0.565. The fourth-order valence-corrected chi connectivity index (χ4v) is 4.83. The summed E-state index contributed by atoms with van der Waals surface area (Å²) in [5, 5.41) is 7.30. The van der Waals surface area contributed by atoms with Crippen molar-refractivity contribution in [1.29, 1.82) is 0 Å². The maximum Gasteiger partial charge on any atom is 0.265 e. The minimum absolute atomic E-state index is 0.00797. The Morgan fingerprint density at radius 1 is 1.45 bits per heavy atom. The van der Waals surface area contributed by atoms with Crippen LogP contribution in [0.4, 0.5) is 0 Å². The third kappa shape index (κ3) is 2.26. The molecular formula is C15H22N4O2S. The van der Waals surface area contributed by atoms with Crippen molar-refractivity contribution in [3.8, 4) is 0 Å². The number of nitrogens with zero attached hydrogens (tertiary/aromatic N) is 3. The Hall–Kier alpha value is -1.05. The van der Waals surface area contributed by atoms with E-state index in [-0.39, 0.29) is 11.9 Å². The molecule has 0 radical (unpaired) electrons. The van der Waals surface area contributed by atoms with E-state index in [9.17, 15) is 4.79 Å². The minimum atomic E-state index is -0.00797. The summed E-state index contributed by atoms with van der Waals surface area (Å²) < 4.78 is 9.83. The first kappa shape index (κ1) is 14.5. The second kappa shape index (κ2) is 5.86. The normalized spacial score (nSPS) is 34.4. The number of fused-ring (bicyclic) bond motifs is 1. The highest BCUT2D eigenvalue weighted by Gasteiger charge is 2.56. The number of rotatable bonds is 4. The quantitative estimate of drug-likeness (QED) is 0.898. The third-order valence-corrected chi connectivity index (χ3v) is 6.07. The number of nitrogens with one attached hydrogen (secondary N) is 1. The average molecular weight is 322 g/mol. The van der Waals surface area contributed by atoms with Crippen molar-refractivity contribution in [1.82, 2.24) is 19.8 Å². The zero-order valence-corrected chi connectivity index (χ0v) is 13.6. The third-order valence-electron chi connectivity index (χ3n) is 5.31. The first-order valence-corrected chi connectivity index (χ1v) is 9.04. The summed E-state index contributed by atoms with van der Waals surface area (Å²) in [4.78, 5) is 15.8. The molecule has 1 amide bonds. The molecule has 3 aliphatic rings. The fraction of sp³-hybridized carbons (Fsp3) is 0.800. The highest BCUT2D eigenvalue weighted by molar-refractivity contribution is 7.08. The van der Waals surface area contributed by atoms with Gasteiger partial charge in [0.2, 0.25) is 0 Å². The summed E-state index contributed by atoms with van der Waals surface area (Å²) in [6.07, 6.45) is 4.63. The predicted molar refractivity (Wildman–Crippen MR) is 83.0 cm³/mol. The molecule has 0 aromatic carbocycles. The summed E-state index contributed by atoms with van der Waals surface area (Å²) >= 11 is 1.20. The van der Waals surface area contributed by atoms with Crippen molar-refractivity contribution in [2.45, 2.75) is 50.8 Å². The lowest BCUT2D eigenvalue weighted by atomic mass is 9.70. The smallest absolute Gasteiger partial charge is 0.265 e. The zero-order chi connectivity index (χ0) is 15.1. The molecule has 22 heavy (non-hydrogen) atoms. The molecule has 1 aromatic rings. The lowest BCUT2D eigenvalue weighted by Crippen LogP contribution is -2.70. The topological polar surface area (TPSA) is 67.3 Å². The van der Waals surface area contributed by atoms with Crippen LogP contribution < -0.4 is 5.32 Å². The summed E-state index contributed by atoms with van der Waals surface area (Å²) in [6.45, 7) is 5.09. The van der Waals surface area contributed by atoms with Crippen molar-refractivity contribution < 1.29 is 9.53 Å². The fourth-order valence-electron chi connectivity index (χ4n) is 4.17. The average Bonchev–Trinajstić information content (AvgIpc) is 3.25. The molecule has 6 nitrogen and oxygen atoms in total. The van der Waals surface area contributed by atoms with Crippen LogP contribution in [0.1, 0.15) is 41.6 Å². The zero-order valence-electron chi connectivity index (χ0n) is 12.8. The van der Waals surface area contributed by atoms with Crippen LogP contribution in [0.2, 0.25) is 0 Å². The lowest BCUT2D eigenvalue weighted by Gasteiger charge is -2.51. The Morgan fingerprint density at radius 3 is 3.05 bits per heavy atom. The molecule has 1 saturated carbocycles. The van der Waals surface area contributed by atoms with Gasteiger partial charge in [-0.15, -0.1) is 5.10 Å². The van der Waals surface area contributed by atoms with Gasteiger partial charge in [0.05, 0.1) is 23.9 Å². The van der Waals surface area contributed by atoms with E-state index in [0.29, 0.717) is 22.9 Å². The Kier molecular flexibility index (Phi) is 3.88. The Balaban J connectivity index is 1.49. The van der Waals surface area contributed by atoms with E-state index in [2.05, 4.69) is 19.8 Å². The number of aromatic nitrogens is 2. The molecule has 2 aliphatic heterocycles. The minimum Gasteiger partial charge on any atom is -0.376 e. The number of likely N-dealkylation sites (tertiary alicyclic amines) is 1. The molecule has 3 heterocycles. The summed E-state index contributed by atoms with van der Waals surface area (Å²) in [5.74, 6) is 0.465. The van der Waals surface area contributed by atoms with Gasteiger partial charge in [-0.05, 0) is 50.3 Å². The van der Waals surface area contributed by atoms with E-state index in [1.54, 1.807) is 0 Å². The predicted octanol–water partition coefficient (Wildman–Crippen LogP) is 1.08. The van der Waals surface area contributed by atoms with Gasteiger partial charge in [-0.3, -0.25) is 9.69 Å². The number of carbonyl (C=O) groups excluding carboxylic acids is 1. The second-order valence-corrected chi connectivity index (χ2v) is 7.18. The van der Waals surface area contributed by atoms with Gasteiger partial charge in [0.1, 0.15) is 4.88 Å². The van der Waals surface area contributed by atoms with Crippen LogP contribution in [-0.4, -0.2) is 58.3 Å². The molecule has 0 spiro atoms. The maximum atomic E-state index is 12.6. The number of hydrogen-bond acceptors (Lipinski definition) is 6. The molecular weight excluding hydrogens is 300 g/mol. The van der Waals surface area contributed by atoms with Gasteiger partial charge in [0.15, 0.2) is 0 Å². The molecule has 4 rings (SSSR count). The number of carbonyl (C=O) groups is 1. The molecule has 4 atom stereocenters. The van der Waals surface area contributed by atoms with Crippen molar-refractivity contribution in [3.05, 3.63) is 10.6 Å². The van der Waals surface area contributed by atoms with E-state index < -0.39 is 0 Å². The van der Waals surface area contributed by atoms with E-state index in [4.69, 9.17) is 4.74 Å². The molecule has 3 fully saturated rings. The standard InChI is InChI=1S/C15H22N4O2S/c1-2-10-14(22-18-17-10)15(20)16-11-9-5-8-21-13(9)12(11)19-6-3-4-7-19/h9,11-13H,2-8H2,1H3,(H,16,20)/t9-,11+,12-,13-/m1/s1. The van der Waals surface area contributed by atoms with Crippen molar-refractivity contribution in [3.63, 3.8) is 0 Å². The van der Waals surface area contributed by atoms with Gasteiger partial charge in [-0.25, -0.2) is 0 Å². The molecule has 1 N–H and O–H groups in total. The molecule has 1 aromatic heterocycles. The molecule has 7 heteroatoms. The number of hydrogen-bond donors (Lipinski definition) is 1. The van der Waals surface area contributed by atoms with Gasteiger partial charge < -0.3 is 10.1 Å². The first-order chi connectivity index (χ1) is 10.8. The van der Waals surface area contributed by atoms with Crippen LogP contribution in [0.15, 0.2) is 0 Å². The molecule has 0 bridgehead atoms. The van der Waals surface area contributed by atoms with Crippen LogP contribution in [0.5, 0.6) is 0 Å². The highest BCUT2D eigenvalue weighted by atomic mass is 32.1. The number of ether oxygens (including phenoxy) is 1. The number of aryl methyl sites for hydroxylation is 1. The molecule has 120 valence electrons. The first-order valence-electron chi connectivity index (χ1n) is 8.27. The van der Waals surface area contributed by atoms with Gasteiger partial charge in [-0.2, -0.15) is 0 Å². The molecule has 0 unspecified atom stereocenters. The SMILES string of the molecule is CCc1nnsc1C(=O)N[C@H]1[C@H]2CCO[C@H]2[C@@H]1N1CCCC1. The highest BCUT2D eigenvalue weighted by Crippen LogP contribution is 2.43. The molecule has 1 aliphatic carbocycles. The van der Waals surface area contributed by atoms with Crippen molar-refractivity contribution in [2.24, 2.45) is 5.92 Å².